The highest BCUT2D eigenvalue weighted by atomic mass is 19.1. The first kappa shape index (κ1) is 16.4. The molecule has 0 spiro atoms. The van der Waals surface area contributed by atoms with Crippen molar-refractivity contribution in [2.75, 3.05) is 12.4 Å². The molecule has 0 saturated heterocycles. The summed E-state index contributed by atoms with van der Waals surface area (Å²) in [5, 5.41) is 2.63. The van der Waals surface area contributed by atoms with Gasteiger partial charge in [-0.2, -0.15) is 0 Å². The van der Waals surface area contributed by atoms with E-state index < -0.39 is 5.82 Å². The number of anilines is 1. The minimum Gasteiger partial charge on any atom is -0.381 e. The van der Waals surface area contributed by atoms with Crippen LogP contribution in [0, 0.1) is 11.7 Å². The van der Waals surface area contributed by atoms with E-state index in [0.29, 0.717) is 12.1 Å². The van der Waals surface area contributed by atoms with E-state index in [1.165, 1.54) is 22.8 Å². The van der Waals surface area contributed by atoms with Crippen molar-refractivity contribution in [1.29, 1.82) is 0 Å². The predicted octanol–water partition coefficient (Wildman–Crippen LogP) is 2.73. The summed E-state index contributed by atoms with van der Waals surface area (Å²) in [7, 11) is 1.63. The van der Waals surface area contributed by atoms with E-state index in [-0.39, 0.29) is 29.2 Å². The summed E-state index contributed by atoms with van der Waals surface area (Å²) >= 11 is 0. The number of nitrogens with zero attached hydrogens (tertiary/aromatic N) is 1. The first-order valence-corrected chi connectivity index (χ1v) is 7.89. The molecule has 24 heavy (non-hydrogen) atoms. The van der Waals surface area contributed by atoms with Crippen LogP contribution in [0.15, 0.2) is 47.4 Å². The Hall–Kier alpha value is -2.47. The normalized spacial score (nSPS) is 20.1. The van der Waals surface area contributed by atoms with Gasteiger partial charge in [0.2, 0.25) is 5.91 Å². The smallest absolute Gasteiger partial charge is 0.255 e. The summed E-state index contributed by atoms with van der Waals surface area (Å²) in [5.74, 6) is -0.929. The largest absolute Gasteiger partial charge is 0.381 e. The molecular weight excluding hydrogens is 311 g/mol. The molecule has 0 aliphatic heterocycles. The minimum absolute atomic E-state index is 0.0953. The second kappa shape index (κ2) is 6.97. The average Bonchev–Trinajstić information content (AvgIpc) is 3.06. The van der Waals surface area contributed by atoms with E-state index in [4.69, 9.17) is 4.74 Å². The Morgan fingerprint density at radius 1 is 1.29 bits per heavy atom. The second-order valence-electron chi connectivity index (χ2n) is 5.93. The first-order chi connectivity index (χ1) is 11.6. The van der Waals surface area contributed by atoms with Crippen molar-refractivity contribution in [2.24, 2.45) is 5.92 Å². The lowest BCUT2D eigenvalue weighted by atomic mass is 10.1. The van der Waals surface area contributed by atoms with Gasteiger partial charge in [0.15, 0.2) is 0 Å². The highest BCUT2D eigenvalue weighted by Crippen LogP contribution is 2.29. The number of methoxy groups -OCH3 is 1. The Morgan fingerprint density at radius 2 is 2.12 bits per heavy atom. The molecule has 6 heteroatoms. The Balaban J connectivity index is 1.75. The Kier molecular flexibility index (Phi) is 4.76. The van der Waals surface area contributed by atoms with Crippen molar-refractivity contribution in [3.63, 3.8) is 0 Å². The van der Waals surface area contributed by atoms with Crippen LogP contribution in [-0.4, -0.2) is 23.7 Å². The molecule has 1 aromatic carbocycles. The lowest BCUT2D eigenvalue weighted by Gasteiger charge is -2.13. The van der Waals surface area contributed by atoms with Crippen molar-refractivity contribution in [2.45, 2.75) is 25.4 Å². The number of aromatic nitrogens is 1. The van der Waals surface area contributed by atoms with Crippen LogP contribution in [-0.2, 0) is 9.53 Å². The van der Waals surface area contributed by atoms with E-state index in [1.54, 1.807) is 31.5 Å². The van der Waals surface area contributed by atoms with Gasteiger partial charge in [0.05, 0.1) is 17.5 Å². The summed E-state index contributed by atoms with van der Waals surface area (Å²) in [6.07, 6.45) is 3.90. The van der Waals surface area contributed by atoms with Gasteiger partial charge < -0.3 is 10.1 Å². The molecule has 2 atom stereocenters. The summed E-state index contributed by atoms with van der Waals surface area (Å²) < 4.78 is 20.9. The van der Waals surface area contributed by atoms with Gasteiger partial charge in [0.1, 0.15) is 5.82 Å². The van der Waals surface area contributed by atoms with Crippen molar-refractivity contribution in [1.82, 2.24) is 4.57 Å². The van der Waals surface area contributed by atoms with Crippen molar-refractivity contribution in [3.8, 4) is 5.69 Å². The number of hydrogen-bond acceptors (Lipinski definition) is 3. The molecule has 5 nitrogen and oxygen atoms in total. The number of rotatable bonds is 4. The third kappa shape index (κ3) is 3.38. The average molecular weight is 330 g/mol. The molecule has 126 valence electrons. The third-order valence-corrected chi connectivity index (χ3v) is 4.40. The molecule has 2 aromatic rings. The number of benzene rings is 1. The van der Waals surface area contributed by atoms with Crippen LogP contribution in [0.4, 0.5) is 10.1 Å². The zero-order valence-corrected chi connectivity index (χ0v) is 13.4. The van der Waals surface area contributed by atoms with Gasteiger partial charge in [0.25, 0.3) is 5.56 Å². The number of amides is 1. The molecule has 1 saturated carbocycles. The summed E-state index contributed by atoms with van der Waals surface area (Å²) in [6.45, 7) is 0. The minimum atomic E-state index is -0.571. The number of nitrogens with one attached hydrogen (secondary N) is 1. The maximum Gasteiger partial charge on any atom is 0.255 e. The quantitative estimate of drug-likeness (QED) is 0.938. The van der Waals surface area contributed by atoms with Gasteiger partial charge in [-0.1, -0.05) is 6.07 Å². The number of ether oxygens (including phenoxy) is 1. The Labute approximate surface area is 139 Å². The predicted molar refractivity (Wildman–Crippen MR) is 88.8 cm³/mol. The summed E-state index contributed by atoms with van der Waals surface area (Å²) in [6, 6.07) is 9.04. The van der Waals surface area contributed by atoms with Crippen molar-refractivity contribution < 1.29 is 13.9 Å². The third-order valence-electron chi connectivity index (χ3n) is 4.40. The number of carbonyl (C=O) groups is 1. The fourth-order valence-corrected chi connectivity index (χ4v) is 3.02. The molecular formula is C18H19FN2O3. The molecule has 1 aliphatic rings. The van der Waals surface area contributed by atoms with E-state index in [0.717, 1.165) is 12.8 Å². The molecule has 1 heterocycles. The molecule has 3 rings (SSSR count). The molecule has 1 N–H and O–H groups in total. The van der Waals surface area contributed by atoms with Crippen LogP contribution in [0.3, 0.4) is 0 Å². The topological polar surface area (TPSA) is 60.3 Å². The molecule has 1 aliphatic carbocycles. The molecule has 1 amide bonds. The number of hydrogen-bond donors (Lipinski definition) is 1. The summed E-state index contributed by atoms with van der Waals surface area (Å²) in [4.78, 5) is 24.0. The zero-order valence-electron chi connectivity index (χ0n) is 13.4. The zero-order chi connectivity index (χ0) is 17.1. The van der Waals surface area contributed by atoms with Gasteiger partial charge in [-0.25, -0.2) is 4.39 Å². The fourth-order valence-electron chi connectivity index (χ4n) is 3.02. The maximum absolute atomic E-state index is 14.3. The van der Waals surface area contributed by atoms with Crippen LogP contribution in [0.1, 0.15) is 19.3 Å². The summed E-state index contributed by atoms with van der Waals surface area (Å²) in [5.41, 5.74) is 0.287. The van der Waals surface area contributed by atoms with Gasteiger partial charge in [-0.3, -0.25) is 14.2 Å². The lowest BCUT2D eigenvalue weighted by Crippen LogP contribution is -2.22. The maximum atomic E-state index is 14.3. The molecule has 0 bridgehead atoms. The first-order valence-electron chi connectivity index (χ1n) is 7.89. The number of pyridine rings is 1. The van der Waals surface area contributed by atoms with E-state index in [1.807, 2.05) is 0 Å². The molecule has 1 fully saturated rings. The SMILES string of the molecule is CO[C@@H]1CC[C@@H](C(=O)Nc2ccc(-n3ccccc3=O)cc2F)C1. The molecule has 1 aromatic heterocycles. The van der Waals surface area contributed by atoms with Crippen LogP contribution in [0.5, 0.6) is 0 Å². The molecule has 0 unspecified atom stereocenters. The van der Waals surface area contributed by atoms with Crippen LogP contribution < -0.4 is 10.9 Å². The Bertz CT molecular complexity index is 803. The molecule has 0 radical (unpaired) electrons. The van der Waals surface area contributed by atoms with Crippen molar-refractivity contribution >= 4 is 11.6 Å². The van der Waals surface area contributed by atoms with Gasteiger partial charge >= 0.3 is 0 Å². The van der Waals surface area contributed by atoms with Crippen molar-refractivity contribution in [3.05, 3.63) is 58.8 Å². The van der Waals surface area contributed by atoms with E-state index >= 15 is 0 Å². The Morgan fingerprint density at radius 3 is 2.79 bits per heavy atom. The van der Waals surface area contributed by atoms with Gasteiger partial charge in [-0.05, 0) is 37.5 Å². The van der Waals surface area contributed by atoms with Gasteiger partial charge in [0, 0.05) is 31.4 Å². The highest BCUT2D eigenvalue weighted by Gasteiger charge is 2.30. The fraction of sp³-hybridized carbons (Fsp3) is 0.333. The standard InChI is InChI=1S/C18H19FN2O3/c1-24-14-7-5-12(10-14)18(23)20-16-8-6-13(11-15(16)19)21-9-3-2-4-17(21)22/h2-4,6,8-9,11-12,14H,5,7,10H2,1H3,(H,20,23)/t12-,14-/m1/s1. The van der Waals surface area contributed by atoms with Crippen LogP contribution >= 0.6 is 0 Å². The monoisotopic (exact) mass is 330 g/mol. The van der Waals surface area contributed by atoms with Crippen LogP contribution in [0.2, 0.25) is 0 Å². The number of halogens is 1. The number of carbonyl (C=O) groups excluding carboxylic acids is 1. The van der Waals surface area contributed by atoms with Gasteiger partial charge in [-0.15, -0.1) is 0 Å². The van der Waals surface area contributed by atoms with E-state index in [9.17, 15) is 14.0 Å². The lowest BCUT2D eigenvalue weighted by molar-refractivity contribution is -0.120. The highest BCUT2D eigenvalue weighted by molar-refractivity contribution is 5.93. The van der Waals surface area contributed by atoms with Crippen LogP contribution in [0.25, 0.3) is 5.69 Å². The van der Waals surface area contributed by atoms with E-state index in [2.05, 4.69) is 5.32 Å². The second-order valence-corrected chi connectivity index (χ2v) is 5.93.